The van der Waals surface area contributed by atoms with Crippen molar-refractivity contribution in [3.05, 3.63) is 60.3 Å². The van der Waals surface area contributed by atoms with Gasteiger partial charge in [-0.2, -0.15) is 13.2 Å². The number of carbonyl (C=O) groups is 1. The SMILES string of the molecule is C=C(/C=C(/c1ccc(-c2cccc(S(C)(=O)=O)c2)[nH]1)N(C)CC(=O)OCSC)C(F)(F)F.CCC. The van der Waals surface area contributed by atoms with Crippen LogP contribution in [0.5, 0.6) is 0 Å². The van der Waals surface area contributed by atoms with Crippen LogP contribution < -0.4 is 0 Å². The van der Waals surface area contributed by atoms with Crippen LogP contribution in [0.1, 0.15) is 26.0 Å². The number of carbonyl (C=O) groups excluding carboxylic acids is 1. The Morgan fingerprint density at radius 3 is 2.40 bits per heavy atom. The Morgan fingerprint density at radius 1 is 1.23 bits per heavy atom. The molecule has 1 aromatic carbocycles. The number of nitrogens with zero attached hydrogens (tertiary/aromatic N) is 1. The van der Waals surface area contributed by atoms with Crippen molar-refractivity contribution < 1.29 is 31.1 Å². The minimum absolute atomic E-state index is 0.0685. The van der Waals surface area contributed by atoms with Crippen molar-refractivity contribution in [2.45, 2.75) is 31.3 Å². The molecular weight excluding hydrogens is 501 g/mol. The quantitative estimate of drug-likeness (QED) is 0.251. The van der Waals surface area contributed by atoms with Crippen molar-refractivity contribution in [1.29, 1.82) is 0 Å². The highest BCUT2D eigenvalue weighted by molar-refractivity contribution is 7.98. The summed E-state index contributed by atoms with van der Waals surface area (Å²) in [6.45, 7) is 7.05. The normalized spacial score (nSPS) is 11.9. The second-order valence-corrected chi connectivity index (χ2v) is 10.5. The molecule has 1 N–H and O–H groups in total. The highest BCUT2D eigenvalue weighted by Crippen LogP contribution is 2.30. The van der Waals surface area contributed by atoms with E-state index in [0.717, 1.165) is 12.3 Å². The fourth-order valence-corrected chi connectivity index (χ4v) is 3.61. The Kier molecular flexibility index (Phi) is 11.7. The lowest BCUT2D eigenvalue weighted by molar-refractivity contribution is -0.141. The highest BCUT2D eigenvalue weighted by Gasteiger charge is 2.31. The van der Waals surface area contributed by atoms with Crippen LogP contribution in [0, 0.1) is 0 Å². The number of thioether (sulfide) groups is 1. The highest BCUT2D eigenvalue weighted by atomic mass is 32.2. The molecule has 0 amide bonds. The number of hydrogen-bond acceptors (Lipinski definition) is 6. The number of allylic oxidation sites excluding steroid dienone is 2. The topological polar surface area (TPSA) is 79.5 Å². The number of rotatable bonds is 9. The Labute approximate surface area is 209 Å². The maximum absolute atomic E-state index is 13.1. The number of likely N-dealkylation sites (N-methyl/N-ethyl adjacent to an activating group) is 1. The summed E-state index contributed by atoms with van der Waals surface area (Å²) in [5.74, 6) is -0.470. The molecule has 1 heterocycles. The molecule has 0 saturated heterocycles. The third-order valence-corrected chi connectivity index (χ3v) is 5.79. The van der Waals surface area contributed by atoms with Gasteiger partial charge in [0.2, 0.25) is 0 Å². The van der Waals surface area contributed by atoms with Crippen LogP contribution >= 0.6 is 11.8 Å². The van der Waals surface area contributed by atoms with Gasteiger partial charge in [0.1, 0.15) is 12.5 Å². The summed E-state index contributed by atoms with van der Waals surface area (Å²) in [5.41, 5.74) is 0.295. The Hall–Kier alpha value is -2.66. The van der Waals surface area contributed by atoms with Gasteiger partial charge in [-0.15, -0.1) is 11.8 Å². The summed E-state index contributed by atoms with van der Waals surface area (Å²) in [5, 5.41) is 0. The van der Waals surface area contributed by atoms with E-state index < -0.39 is 27.6 Å². The van der Waals surface area contributed by atoms with E-state index in [1.807, 2.05) is 0 Å². The van der Waals surface area contributed by atoms with Crippen molar-refractivity contribution in [3.63, 3.8) is 0 Å². The smallest absolute Gasteiger partial charge is 0.415 e. The zero-order valence-corrected chi connectivity index (χ0v) is 22.0. The van der Waals surface area contributed by atoms with Crippen LogP contribution in [-0.4, -0.2) is 62.5 Å². The van der Waals surface area contributed by atoms with Crippen LogP contribution in [-0.2, 0) is 19.4 Å². The van der Waals surface area contributed by atoms with Crippen molar-refractivity contribution in [3.8, 4) is 11.3 Å². The average molecular weight is 533 g/mol. The number of alkyl halides is 3. The van der Waals surface area contributed by atoms with E-state index in [1.165, 1.54) is 42.3 Å². The molecule has 0 aliphatic rings. The van der Waals surface area contributed by atoms with Crippen LogP contribution in [0.25, 0.3) is 17.0 Å². The van der Waals surface area contributed by atoms with Gasteiger partial charge in [-0.1, -0.05) is 39.0 Å². The number of aromatic nitrogens is 1. The Bertz CT molecular complexity index is 1140. The largest absolute Gasteiger partial charge is 0.453 e. The number of ether oxygens (including phenoxy) is 1. The van der Waals surface area contributed by atoms with Crippen LogP contribution in [0.2, 0.25) is 0 Å². The van der Waals surface area contributed by atoms with E-state index in [0.29, 0.717) is 11.3 Å². The summed E-state index contributed by atoms with van der Waals surface area (Å²) in [6.07, 6.45) is 0.269. The zero-order valence-electron chi connectivity index (χ0n) is 20.4. The van der Waals surface area contributed by atoms with E-state index in [1.54, 1.807) is 30.5 Å². The molecule has 194 valence electrons. The first-order chi connectivity index (χ1) is 16.2. The maximum Gasteiger partial charge on any atom is 0.415 e. The molecule has 0 bridgehead atoms. The minimum atomic E-state index is -4.65. The first-order valence-corrected chi connectivity index (χ1v) is 13.9. The standard InChI is InChI=1S/C21H23F3N2O4S2.C3H8/c1-14(21(22,23)24)10-19(26(2)12-20(27)30-13-31-3)18-9-8-17(25-18)15-6-5-7-16(11-15)32(4,28)29;1-3-2/h5-11,25H,1,12-13H2,2-4H3;3H2,1-2H3/b19-10-;. The minimum Gasteiger partial charge on any atom is -0.453 e. The molecule has 0 unspecified atom stereocenters. The van der Waals surface area contributed by atoms with Crippen LogP contribution in [0.4, 0.5) is 13.2 Å². The fourth-order valence-electron chi connectivity index (χ4n) is 2.70. The summed E-state index contributed by atoms with van der Waals surface area (Å²) in [7, 11) is -1.97. The number of aromatic amines is 1. The van der Waals surface area contributed by atoms with Gasteiger partial charge >= 0.3 is 12.1 Å². The van der Waals surface area contributed by atoms with Crippen molar-refractivity contribution in [2.75, 3.05) is 32.0 Å². The van der Waals surface area contributed by atoms with Crippen LogP contribution in [0.3, 0.4) is 0 Å². The molecule has 0 aliphatic heterocycles. The number of esters is 1. The number of hydrogen-bond donors (Lipinski definition) is 1. The van der Waals surface area contributed by atoms with E-state index in [2.05, 4.69) is 25.4 Å². The third-order valence-electron chi connectivity index (χ3n) is 4.33. The Morgan fingerprint density at radius 2 is 1.86 bits per heavy atom. The summed E-state index contributed by atoms with van der Waals surface area (Å²) in [4.78, 5) is 16.4. The number of sulfone groups is 1. The van der Waals surface area contributed by atoms with Gasteiger partial charge in [-0.05, 0) is 42.2 Å². The summed E-state index contributed by atoms with van der Waals surface area (Å²) in [6, 6.07) is 9.32. The van der Waals surface area contributed by atoms with Gasteiger partial charge in [-0.25, -0.2) is 8.42 Å². The van der Waals surface area contributed by atoms with Gasteiger partial charge in [-0.3, -0.25) is 4.79 Å². The molecule has 11 heteroatoms. The number of nitrogens with one attached hydrogen (secondary N) is 1. The Balaban J connectivity index is 0.00000194. The monoisotopic (exact) mass is 532 g/mol. The zero-order chi connectivity index (χ0) is 26.8. The van der Waals surface area contributed by atoms with Gasteiger partial charge in [0.05, 0.1) is 21.9 Å². The molecule has 0 radical (unpaired) electrons. The first kappa shape index (κ1) is 30.4. The number of halogens is 3. The lowest BCUT2D eigenvalue weighted by atomic mass is 10.2. The fraction of sp³-hybridized carbons (Fsp3) is 0.375. The number of H-pyrrole nitrogens is 1. The molecule has 2 aromatic rings. The van der Waals surface area contributed by atoms with Crippen molar-refractivity contribution >= 4 is 33.3 Å². The van der Waals surface area contributed by atoms with Gasteiger partial charge in [0.15, 0.2) is 9.84 Å². The molecule has 35 heavy (non-hydrogen) atoms. The number of benzene rings is 1. The summed E-state index contributed by atoms with van der Waals surface area (Å²) >= 11 is 1.29. The van der Waals surface area contributed by atoms with Gasteiger partial charge in [0.25, 0.3) is 0 Å². The first-order valence-electron chi connectivity index (χ1n) is 10.6. The van der Waals surface area contributed by atoms with Gasteiger partial charge in [0, 0.05) is 19.0 Å². The van der Waals surface area contributed by atoms with E-state index in [4.69, 9.17) is 4.74 Å². The van der Waals surface area contributed by atoms with Crippen LogP contribution in [0.15, 0.2) is 59.5 Å². The molecular formula is C24H31F3N2O4S2. The molecule has 0 aliphatic carbocycles. The molecule has 1 aromatic heterocycles. The predicted octanol–water partition coefficient (Wildman–Crippen LogP) is 5.76. The molecule has 0 atom stereocenters. The molecule has 2 rings (SSSR count). The lowest BCUT2D eigenvalue weighted by Crippen LogP contribution is -2.27. The van der Waals surface area contributed by atoms with Gasteiger partial charge < -0.3 is 14.6 Å². The molecule has 0 fully saturated rings. The van der Waals surface area contributed by atoms with Crippen molar-refractivity contribution in [2.24, 2.45) is 0 Å². The second kappa shape index (κ2) is 13.4. The molecule has 6 nitrogen and oxygen atoms in total. The predicted molar refractivity (Wildman–Crippen MR) is 136 cm³/mol. The summed E-state index contributed by atoms with van der Waals surface area (Å²) < 4.78 is 68.0. The van der Waals surface area contributed by atoms with Crippen molar-refractivity contribution in [1.82, 2.24) is 9.88 Å². The lowest BCUT2D eigenvalue weighted by Gasteiger charge is -2.22. The second-order valence-electron chi connectivity index (χ2n) is 7.62. The average Bonchev–Trinajstić information content (AvgIpc) is 3.25. The molecule has 0 spiro atoms. The van der Waals surface area contributed by atoms with E-state index in [-0.39, 0.29) is 28.8 Å². The maximum atomic E-state index is 13.1. The third kappa shape index (κ3) is 9.85. The van der Waals surface area contributed by atoms with E-state index in [9.17, 15) is 26.4 Å². The molecule has 0 saturated carbocycles. The van der Waals surface area contributed by atoms with E-state index >= 15 is 0 Å².